The van der Waals surface area contributed by atoms with E-state index >= 15 is 0 Å². The van der Waals surface area contributed by atoms with Gasteiger partial charge in [0, 0.05) is 36.9 Å². The second-order valence-electron chi connectivity index (χ2n) is 13.4. The Bertz CT molecular complexity index is 2950. The van der Waals surface area contributed by atoms with E-state index in [-0.39, 0.29) is 0 Å². The summed E-state index contributed by atoms with van der Waals surface area (Å²) < 4.78 is 2.61. The summed E-state index contributed by atoms with van der Waals surface area (Å²) in [5, 5.41) is 4.97. The number of aromatic nitrogens is 2. The monoisotopic (exact) mass is 692 g/mol. The van der Waals surface area contributed by atoms with Crippen molar-refractivity contribution in [3.8, 4) is 67.3 Å². The highest BCUT2D eigenvalue weighted by atomic mass is 32.1. The standard InChI is InChI=1S/C50H32N2S/c1-3-13-33(14-4-1)39-28-40(37-25-26-49-45(31-37)43-20-11-12-22-48(43)53-49)30-41(29-39)47-32-46(38-24-23-34-15-7-8-18-36(34)27-38)51-50(52-47)44-21-10-9-19-42(44)35-16-5-2-6-17-35/h1-32H. The van der Waals surface area contributed by atoms with E-state index in [0.717, 1.165) is 55.9 Å². The van der Waals surface area contributed by atoms with Crippen LogP contribution >= 0.6 is 11.3 Å². The van der Waals surface area contributed by atoms with Crippen molar-refractivity contribution >= 4 is 42.3 Å². The molecule has 53 heavy (non-hydrogen) atoms. The number of benzene rings is 8. The van der Waals surface area contributed by atoms with Crippen molar-refractivity contribution in [3.05, 3.63) is 194 Å². The van der Waals surface area contributed by atoms with Crippen LogP contribution in [0, 0.1) is 0 Å². The number of thiophene rings is 1. The van der Waals surface area contributed by atoms with Crippen LogP contribution in [-0.4, -0.2) is 9.97 Å². The minimum absolute atomic E-state index is 0.697. The van der Waals surface area contributed by atoms with Gasteiger partial charge in [0.1, 0.15) is 0 Å². The Labute approximate surface area is 312 Å². The summed E-state index contributed by atoms with van der Waals surface area (Å²) in [6, 6.07) is 69.3. The minimum atomic E-state index is 0.697. The van der Waals surface area contributed by atoms with Gasteiger partial charge in [0.15, 0.2) is 5.82 Å². The SMILES string of the molecule is c1ccc(-c2cc(-c3ccc4sc5ccccc5c4c3)cc(-c3cc(-c4ccc5ccccc5c4)nc(-c4ccccc4-c4ccccc4)n3)c2)cc1. The first-order valence-electron chi connectivity index (χ1n) is 17.9. The van der Waals surface area contributed by atoms with Crippen molar-refractivity contribution in [2.24, 2.45) is 0 Å². The third kappa shape index (κ3) is 5.87. The lowest BCUT2D eigenvalue weighted by molar-refractivity contribution is 1.18. The summed E-state index contributed by atoms with van der Waals surface area (Å²) in [5.41, 5.74) is 11.7. The van der Waals surface area contributed by atoms with Crippen molar-refractivity contribution in [3.63, 3.8) is 0 Å². The van der Waals surface area contributed by atoms with E-state index in [1.165, 1.54) is 36.5 Å². The first kappa shape index (κ1) is 31.1. The van der Waals surface area contributed by atoms with E-state index in [1.807, 2.05) is 11.3 Å². The summed E-state index contributed by atoms with van der Waals surface area (Å²) in [6.45, 7) is 0. The number of hydrogen-bond donors (Lipinski definition) is 0. The number of nitrogens with zero attached hydrogens (tertiary/aromatic N) is 2. The second kappa shape index (κ2) is 13.1. The maximum atomic E-state index is 5.39. The zero-order valence-electron chi connectivity index (χ0n) is 28.8. The zero-order valence-corrected chi connectivity index (χ0v) is 29.6. The molecule has 0 saturated heterocycles. The van der Waals surface area contributed by atoms with Crippen LogP contribution in [0.2, 0.25) is 0 Å². The highest BCUT2D eigenvalue weighted by Crippen LogP contribution is 2.40. The Morgan fingerprint density at radius 1 is 0.302 bits per heavy atom. The van der Waals surface area contributed by atoms with Crippen LogP contribution in [0.3, 0.4) is 0 Å². The van der Waals surface area contributed by atoms with E-state index in [2.05, 4.69) is 194 Å². The highest BCUT2D eigenvalue weighted by molar-refractivity contribution is 7.25. The van der Waals surface area contributed by atoms with Gasteiger partial charge in [0.2, 0.25) is 0 Å². The molecule has 0 aliphatic heterocycles. The van der Waals surface area contributed by atoms with Crippen LogP contribution in [0.5, 0.6) is 0 Å². The van der Waals surface area contributed by atoms with Crippen molar-refractivity contribution in [1.29, 1.82) is 0 Å². The minimum Gasteiger partial charge on any atom is -0.228 e. The highest BCUT2D eigenvalue weighted by Gasteiger charge is 2.17. The first-order valence-corrected chi connectivity index (χ1v) is 18.7. The molecule has 0 unspecified atom stereocenters. The van der Waals surface area contributed by atoms with Crippen molar-refractivity contribution in [2.45, 2.75) is 0 Å². The lowest BCUT2D eigenvalue weighted by Crippen LogP contribution is -1.98. The van der Waals surface area contributed by atoms with Gasteiger partial charge in [-0.1, -0.05) is 146 Å². The lowest BCUT2D eigenvalue weighted by Gasteiger charge is -2.15. The fourth-order valence-corrected chi connectivity index (χ4v) is 8.49. The van der Waals surface area contributed by atoms with Crippen molar-refractivity contribution in [2.75, 3.05) is 0 Å². The molecular formula is C50H32N2S. The van der Waals surface area contributed by atoms with E-state index in [4.69, 9.17) is 9.97 Å². The fraction of sp³-hybridized carbons (Fsp3) is 0. The third-order valence-electron chi connectivity index (χ3n) is 10.1. The molecule has 0 aliphatic rings. The van der Waals surface area contributed by atoms with Gasteiger partial charge in [0.25, 0.3) is 0 Å². The van der Waals surface area contributed by atoms with Gasteiger partial charge < -0.3 is 0 Å². The van der Waals surface area contributed by atoms with Crippen LogP contribution in [0.15, 0.2) is 194 Å². The summed E-state index contributed by atoms with van der Waals surface area (Å²) in [4.78, 5) is 10.7. The summed E-state index contributed by atoms with van der Waals surface area (Å²) >= 11 is 1.85. The quantitative estimate of drug-likeness (QED) is 0.173. The van der Waals surface area contributed by atoms with E-state index in [1.54, 1.807) is 0 Å². The summed E-state index contributed by atoms with van der Waals surface area (Å²) in [7, 11) is 0. The van der Waals surface area contributed by atoms with Crippen LogP contribution < -0.4 is 0 Å². The second-order valence-corrected chi connectivity index (χ2v) is 14.5. The Hall–Kier alpha value is -6.68. The predicted octanol–water partition coefficient (Wildman–Crippen LogP) is 14.0. The molecule has 2 nitrogen and oxygen atoms in total. The predicted molar refractivity (Wildman–Crippen MR) is 225 cm³/mol. The number of fused-ring (bicyclic) bond motifs is 4. The molecule has 248 valence electrons. The molecule has 3 heteroatoms. The van der Waals surface area contributed by atoms with E-state index in [0.29, 0.717) is 5.82 Å². The Morgan fingerprint density at radius 3 is 1.70 bits per heavy atom. The van der Waals surface area contributed by atoms with Crippen molar-refractivity contribution < 1.29 is 0 Å². The maximum absolute atomic E-state index is 5.39. The lowest BCUT2D eigenvalue weighted by atomic mass is 9.93. The van der Waals surface area contributed by atoms with Gasteiger partial charge in [-0.05, 0) is 92.7 Å². The van der Waals surface area contributed by atoms with Crippen molar-refractivity contribution in [1.82, 2.24) is 9.97 Å². The molecule has 2 aromatic heterocycles. The Kier molecular flexibility index (Phi) is 7.71. The first-order chi connectivity index (χ1) is 26.2. The van der Waals surface area contributed by atoms with Crippen LogP contribution in [0.4, 0.5) is 0 Å². The fourth-order valence-electron chi connectivity index (χ4n) is 7.40. The van der Waals surface area contributed by atoms with Gasteiger partial charge in [-0.2, -0.15) is 0 Å². The third-order valence-corrected chi connectivity index (χ3v) is 11.2. The van der Waals surface area contributed by atoms with Crippen LogP contribution in [0.1, 0.15) is 0 Å². The van der Waals surface area contributed by atoms with Crippen LogP contribution in [-0.2, 0) is 0 Å². The average Bonchev–Trinajstić information content (AvgIpc) is 3.62. The summed E-state index contributed by atoms with van der Waals surface area (Å²) in [5.74, 6) is 0.697. The average molecular weight is 693 g/mol. The normalized spacial score (nSPS) is 11.4. The molecule has 0 fully saturated rings. The summed E-state index contributed by atoms with van der Waals surface area (Å²) in [6.07, 6.45) is 0. The van der Waals surface area contributed by atoms with Gasteiger partial charge in [-0.15, -0.1) is 11.3 Å². The number of rotatable bonds is 6. The molecule has 10 rings (SSSR count). The van der Waals surface area contributed by atoms with Crippen LogP contribution in [0.25, 0.3) is 98.2 Å². The van der Waals surface area contributed by atoms with Gasteiger partial charge in [-0.25, -0.2) is 9.97 Å². The van der Waals surface area contributed by atoms with E-state index < -0.39 is 0 Å². The molecule has 10 aromatic rings. The molecule has 8 aromatic carbocycles. The molecule has 0 N–H and O–H groups in total. The molecule has 2 heterocycles. The van der Waals surface area contributed by atoms with Gasteiger partial charge in [-0.3, -0.25) is 0 Å². The van der Waals surface area contributed by atoms with Gasteiger partial charge >= 0.3 is 0 Å². The van der Waals surface area contributed by atoms with Gasteiger partial charge in [0.05, 0.1) is 11.4 Å². The Balaban J connectivity index is 1.21. The molecule has 0 radical (unpaired) electrons. The molecule has 0 saturated carbocycles. The molecule has 0 bridgehead atoms. The van der Waals surface area contributed by atoms with E-state index in [9.17, 15) is 0 Å². The zero-order chi connectivity index (χ0) is 35.1. The Morgan fingerprint density at radius 2 is 0.887 bits per heavy atom. The molecule has 0 spiro atoms. The molecule has 0 amide bonds. The topological polar surface area (TPSA) is 25.8 Å². The molecule has 0 aliphatic carbocycles. The maximum Gasteiger partial charge on any atom is 0.161 e. The smallest absolute Gasteiger partial charge is 0.161 e. The molecule has 0 atom stereocenters. The molecular weight excluding hydrogens is 661 g/mol. The number of hydrogen-bond acceptors (Lipinski definition) is 3. The largest absolute Gasteiger partial charge is 0.228 e.